The van der Waals surface area contributed by atoms with Crippen molar-refractivity contribution in [3.8, 4) is 0 Å². The molecule has 0 aliphatic carbocycles. The second kappa shape index (κ2) is 5.05. The summed E-state index contributed by atoms with van der Waals surface area (Å²) >= 11 is 3.53. The Labute approximate surface area is 116 Å². The van der Waals surface area contributed by atoms with Crippen molar-refractivity contribution in [3.63, 3.8) is 0 Å². The van der Waals surface area contributed by atoms with E-state index < -0.39 is 0 Å². The van der Waals surface area contributed by atoms with Gasteiger partial charge in [0.1, 0.15) is 9.86 Å². The summed E-state index contributed by atoms with van der Waals surface area (Å²) in [4.78, 5) is 11.6. The number of nitrogens with one attached hydrogen (secondary N) is 1. The molecule has 0 spiro atoms. The van der Waals surface area contributed by atoms with Crippen LogP contribution >= 0.6 is 23.1 Å². The van der Waals surface area contributed by atoms with Gasteiger partial charge in [0.25, 0.3) is 0 Å². The summed E-state index contributed by atoms with van der Waals surface area (Å²) in [5, 5.41) is 5.46. The van der Waals surface area contributed by atoms with Crippen molar-refractivity contribution in [1.82, 2.24) is 9.97 Å². The number of anilines is 1. The molecule has 2 aromatic heterocycles. The zero-order valence-electron chi connectivity index (χ0n) is 11.5. The van der Waals surface area contributed by atoms with Crippen LogP contribution in [0.1, 0.15) is 32.6 Å². The Kier molecular flexibility index (Phi) is 3.82. The number of fused-ring (bicyclic) bond motifs is 1. The van der Waals surface area contributed by atoms with E-state index in [9.17, 15) is 0 Å². The highest BCUT2D eigenvalue weighted by Gasteiger charge is 2.18. The second-order valence-electron chi connectivity index (χ2n) is 5.17. The minimum Gasteiger partial charge on any atom is -0.354 e. The molecule has 0 bridgehead atoms. The Hall–Kier alpha value is -0.810. The summed E-state index contributed by atoms with van der Waals surface area (Å²) in [6.45, 7) is 11.6. The molecular weight excluding hydrogens is 262 g/mol. The molecule has 2 heterocycles. The second-order valence-corrected chi connectivity index (χ2v) is 8.22. The van der Waals surface area contributed by atoms with Crippen molar-refractivity contribution >= 4 is 39.3 Å². The molecule has 1 N–H and O–H groups in total. The maximum atomic E-state index is 4.64. The Morgan fingerprint density at radius 3 is 2.67 bits per heavy atom. The third kappa shape index (κ3) is 3.14. The fourth-order valence-corrected chi connectivity index (χ4v) is 3.54. The molecule has 0 amide bonds. The number of hydrogen-bond donors (Lipinski definition) is 1. The van der Waals surface area contributed by atoms with Crippen LogP contribution in [0.4, 0.5) is 5.95 Å². The first-order valence-electron chi connectivity index (χ1n) is 6.10. The largest absolute Gasteiger partial charge is 0.354 e. The lowest BCUT2D eigenvalue weighted by molar-refractivity contribution is 0.800. The predicted molar refractivity (Wildman–Crippen MR) is 81.9 cm³/mol. The van der Waals surface area contributed by atoms with Crippen LogP contribution in [-0.2, 0) is 0 Å². The first-order chi connectivity index (χ1) is 8.39. The summed E-state index contributed by atoms with van der Waals surface area (Å²) in [5.74, 6) is 0.735. The fourth-order valence-electron chi connectivity index (χ4n) is 1.62. The van der Waals surface area contributed by atoms with Gasteiger partial charge >= 0.3 is 0 Å². The molecule has 2 rings (SSSR count). The van der Waals surface area contributed by atoms with Gasteiger partial charge in [0, 0.05) is 21.6 Å². The monoisotopic (exact) mass is 281 g/mol. The number of rotatable bonds is 3. The number of thioether (sulfide) groups is 1. The van der Waals surface area contributed by atoms with Crippen LogP contribution in [0.5, 0.6) is 0 Å². The zero-order valence-corrected chi connectivity index (χ0v) is 13.1. The van der Waals surface area contributed by atoms with Crippen LogP contribution in [0.3, 0.4) is 0 Å². The van der Waals surface area contributed by atoms with Crippen LogP contribution in [0.25, 0.3) is 10.2 Å². The third-order valence-corrected chi connectivity index (χ3v) is 4.28. The summed E-state index contributed by atoms with van der Waals surface area (Å²) in [7, 11) is 0. The van der Waals surface area contributed by atoms with Crippen LogP contribution in [0.2, 0.25) is 0 Å². The molecule has 0 aliphatic heterocycles. The SMILES string of the molecule is CCNc1nc(SC(C)(C)C)c2cc(C)sc2n1. The average Bonchev–Trinajstić information content (AvgIpc) is 2.57. The smallest absolute Gasteiger partial charge is 0.225 e. The normalized spacial score (nSPS) is 12.1. The van der Waals surface area contributed by atoms with Crippen molar-refractivity contribution in [2.75, 3.05) is 11.9 Å². The van der Waals surface area contributed by atoms with Crippen LogP contribution < -0.4 is 5.32 Å². The number of aromatic nitrogens is 2. The topological polar surface area (TPSA) is 37.8 Å². The van der Waals surface area contributed by atoms with Gasteiger partial charge in [-0.15, -0.1) is 11.3 Å². The molecule has 0 radical (unpaired) electrons. The van der Waals surface area contributed by atoms with E-state index in [1.54, 1.807) is 23.1 Å². The molecular formula is C13H19N3S2. The van der Waals surface area contributed by atoms with Crippen LogP contribution in [-0.4, -0.2) is 21.3 Å². The average molecular weight is 281 g/mol. The molecule has 2 aromatic rings. The van der Waals surface area contributed by atoms with Crippen molar-refractivity contribution in [2.24, 2.45) is 0 Å². The molecule has 0 fully saturated rings. The van der Waals surface area contributed by atoms with Gasteiger partial charge in [-0.2, -0.15) is 0 Å². The van der Waals surface area contributed by atoms with E-state index >= 15 is 0 Å². The van der Waals surface area contributed by atoms with E-state index in [0.29, 0.717) is 0 Å². The summed E-state index contributed by atoms with van der Waals surface area (Å²) in [5.41, 5.74) is 0. The minimum atomic E-state index is 0.153. The maximum Gasteiger partial charge on any atom is 0.225 e. The molecule has 5 heteroatoms. The molecule has 0 aliphatic rings. The maximum absolute atomic E-state index is 4.64. The van der Waals surface area contributed by atoms with Crippen molar-refractivity contribution in [1.29, 1.82) is 0 Å². The van der Waals surface area contributed by atoms with E-state index in [2.05, 4.69) is 56.0 Å². The predicted octanol–water partition coefficient (Wildman–Crippen LogP) is 4.32. The quantitative estimate of drug-likeness (QED) is 0.671. The standard InChI is InChI=1S/C13H19N3S2/c1-6-14-12-15-10-9(7-8(2)17-10)11(16-12)18-13(3,4)5/h7H,6H2,1-5H3,(H,14,15,16). The van der Waals surface area contributed by atoms with Gasteiger partial charge in [0.05, 0.1) is 0 Å². The Balaban J connectivity index is 2.53. The minimum absolute atomic E-state index is 0.153. The number of aryl methyl sites for hydroxylation is 1. The molecule has 0 unspecified atom stereocenters. The molecule has 3 nitrogen and oxygen atoms in total. The number of nitrogens with zero attached hydrogens (tertiary/aromatic N) is 2. The van der Waals surface area contributed by atoms with Gasteiger partial charge in [-0.05, 0) is 19.9 Å². The first kappa shape index (κ1) is 13.6. The summed E-state index contributed by atoms with van der Waals surface area (Å²) in [6, 6.07) is 2.18. The van der Waals surface area contributed by atoms with Gasteiger partial charge in [-0.25, -0.2) is 9.97 Å². The highest BCUT2D eigenvalue weighted by Crippen LogP contribution is 2.37. The Morgan fingerprint density at radius 2 is 2.06 bits per heavy atom. The highest BCUT2D eigenvalue weighted by atomic mass is 32.2. The number of hydrogen-bond acceptors (Lipinski definition) is 5. The lowest BCUT2D eigenvalue weighted by Gasteiger charge is -2.17. The van der Waals surface area contributed by atoms with E-state index in [1.165, 1.54) is 10.3 Å². The Morgan fingerprint density at radius 1 is 1.33 bits per heavy atom. The van der Waals surface area contributed by atoms with Gasteiger partial charge in [0.15, 0.2) is 0 Å². The van der Waals surface area contributed by atoms with E-state index in [-0.39, 0.29) is 4.75 Å². The van der Waals surface area contributed by atoms with Crippen LogP contribution in [0, 0.1) is 6.92 Å². The van der Waals surface area contributed by atoms with Crippen molar-refractivity contribution in [2.45, 2.75) is 44.4 Å². The third-order valence-electron chi connectivity index (χ3n) is 2.22. The number of thiophene rings is 1. The zero-order chi connectivity index (χ0) is 13.3. The van der Waals surface area contributed by atoms with Gasteiger partial charge in [0.2, 0.25) is 5.95 Å². The van der Waals surface area contributed by atoms with Crippen LogP contribution in [0.15, 0.2) is 11.1 Å². The molecule has 0 saturated carbocycles. The molecule has 0 saturated heterocycles. The van der Waals surface area contributed by atoms with Gasteiger partial charge in [-0.1, -0.05) is 32.5 Å². The molecule has 18 heavy (non-hydrogen) atoms. The highest BCUT2D eigenvalue weighted by molar-refractivity contribution is 8.00. The van der Waals surface area contributed by atoms with Gasteiger partial charge in [-0.3, -0.25) is 0 Å². The fraction of sp³-hybridized carbons (Fsp3) is 0.538. The molecule has 0 atom stereocenters. The van der Waals surface area contributed by atoms with E-state index in [1.807, 2.05) is 0 Å². The summed E-state index contributed by atoms with van der Waals surface area (Å²) in [6.07, 6.45) is 0. The van der Waals surface area contributed by atoms with Crippen molar-refractivity contribution in [3.05, 3.63) is 10.9 Å². The lowest BCUT2D eigenvalue weighted by atomic mass is 10.3. The Bertz CT molecular complexity index is 555. The lowest BCUT2D eigenvalue weighted by Crippen LogP contribution is -2.09. The first-order valence-corrected chi connectivity index (χ1v) is 7.73. The van der Waals surface area contributed by atoms with Gasteiger partial charge < -0.3 is 5.32 Å². The van der Waals surface area contributed by atoms with E-state index in [4.69, 9.17) is 0 Å². The van der Waals surface area contributed by atoms with Crippen molar-refractivity contribution < 1.29 is 0 Å². The molecule has 0 aromatic carbocycles. The summed E-state index contributed by atoms with van der Waals surface area (Å²) < 4.78 is 0.153. The van der Waals surface area contributed by atoms with E-state index in [0.717, 1.165) is 22.3 Å². The molecule has 98 valence electrons.